The fraction of sp³-hybridized carbons (Fsp3) is 0.364. The molecule has 2 aliphatic heterocycles. The molecule has 4 rings (SSSR count). The van der Waals surface area contributed by atoms with E-state index in [2.05, 4.69) is 50.4 Å². The molecule has 1 fully saturated rings. The Bertz CT molecular complexity index is 843. The summed E-state index contributed by atoms with van der Waals surface area (Å²) in [5.74, 6) is 0.891. The van der Waals surface area contributed by atoms with Crippen LogP contribution in [0.2, 0.25) is 0 Å². The molecule has 0 aliphatic carbocycles. The van der Waals surface area contributed by atoms with Crippen LogP contribution in [0.4, 0.5) is 11.4 Å². The standard InChI is InChI=1S/C22H27N5O/c1-23-22(26-15-13-25(14-16-26)19-8-3-2-4-9-19)24-17-21(28)27-12-11-18-7-5-6-10-20(18)27/h2-10H,11-17H2,1H3,(H,23,24). The van der Waals surface area contributed by atoms with Crippen molar-refractivity contribution in [2.45, 2.75) is 6.42 Å². The van der Waals surface area contributed by atoms with E-state index >= 15 is 0 Å². The van der Waals surface area contributed by atoms with Gasteiger partial charge in [-0.3, -0.25) is 9.79 Å². The smallest absolute Gasteiger partial charge is 0.246 e. The fourth-order valence-corrected chi connectivity index (χ4v) is 3.99. The minimum atomic E-state index is 0.0917. The van der Waals surface area contributed by atoms with Gasteiger partial charge in [-0.2, -0.15) is 0 Å². The summed E-state index contributed by atoms with van der Waals surface area (Å²) in [6, 6.07) is 18.6. The van der Waals surface area contributed by atoms with Crippen LogP contribution in [0.25, 0.3) is 0 Å². The van der Waals surface area contributed by atoms with Gasteiger partial charge in [0, 0.05) is 51.1 Å². The molecule has 0 saturated carbocycles. The summed E-state index contributed by atoms with van der Waals surface area (Å²) in [7, 11) is 1.78. The van der Waals surface area contributed by atoms with E-state index in [4.69, 9.17) is 0 Å². The Balaban J connectivity index is 1.31. The summed E-state index contributed by atoms with van der Waals surface area (Å²) in [6.07, 6.45) is 0.929. The zero-order valence-electron chi connectivity index (χ0n) is 16.3. The summed E-state index contributed by atoms with van der Waals surface area (Å²) in [5.41, 5.74) is 3.55. The lowest BCUT2D eigenvalue weighted by molar-refractivity contribution is -0.117. The van der Waals surface area contributed by atoms with Gasteiger partial charge in [0.15, 0.2) is 5.96 Å². The predicted octanol–water partition coefficient (Wildman–Crippen LogP) is 1.97. The van der Waals surface area contributed by atoms with Crippen LogP contribution < -0.4 is 15.1 Å². The maximum absolute atomic E-state index is 12.7. The molecule has 1 saturated heterocycles. The highest BCUT2D eigenvalue weighted by Crippen LogP contribution is 2.27. The molecule has 0 atom stereocenters. The highest BCUT2D eigenvalue weighted by Gasteiger charge is 2.25. The van der Waals surface area contributed by atoms with Gasteiger partial charge in [-0.15, -0.1) is 0 Å². The molecule has 2 aliphatic rings. The van der Waals surface area contributed by atoms with Crippen molar-refractivity contribution in [2.75, 3.05) is 56.1 Å². The molecule has 6 heteroatoms. The topological polar surface area (TPSA) is 51.2 Å². The first-order valence-electron chi connectivity index (χ1n) is 9.90. The summed E-state index contributed by atoms with van der Waals surface area (Å²) in [6.45, 7) is 4.68. The fourth-order valence-electron chi connectivity index (χ4n) is 3.99. The van der Waals surface area contributed by atoms with Gasteiger partial charge in [0.2, 0.25) is 5.91 Å². The van der Waals surface area contributed by atoms with Crippen LogP contribution in [0, 0.1) is 0 Å². The van der Waals surface area contributed by atoms with Crippen molar-refractivity contribution in [3.63, 3.8) is 0 Å². The predicted molar refractivity (Wildman–Crippen MR) is 114 cm³/mol. The van der Waals surface area contributed by atoms with Gasteiger partial charge in [0.25, 0.3) is 0 Å². The molecule has 1 amide bonds. The molecule has 28 heavy (non-hydrogen) atoms. The molecule has 2 aromatic rings. The normalized spacial score (nSPS) is 16.9. The molecule has 0 bridgehead atoms. The molecule has 0 spiro atoms. The van der Waals surface area contributed by atoms with Crippen LogP contribution in [0.3, 0.4) is 0 Å². The maximum Gasteiger partial charge on any atom is 0.246 e. The van der Waals surface area contributed by atoms with Crippen LogP contribution in [-0.4, -0.2) is 63.1 Å². The molecule has 2 aromatic carbocycles. The zero-order valence-corrected chi connectivity index (χ0v) is 16.3. The summed E-state index contributed by atoms with van der Waals surface area (Å²) in [5, 5.41) is 3.27. The average molecular weight is 377 g/mol. The summed E-state index contributed by atoms with van der Waals surface area (Å²) >= 11 is 0. The Morgan fingerprint density at radius 2 is 1.68 bits per heavy atom. The SMILES string of the molecule is CN=C(NCC(=O)N1CCc2ccccc21)N1CCN(c2ccccc2)CC1. The Hall–Kier alpha value is -3.02. The van der Waals surface area contributed by atoms with Gasteiger partial charge in [0.1, 0.15) is 0 Å². The van der Waals surface area contributed by atoms with Crippen molar-refractivity contribution in [2.24, 2.45) is 4.99 Å². The van der Waals surface area contributed by atoms with Crippen molar-refractivity contribution in [1.82, 2.24) is 10.2 Å². The lowest BCUT2D eigenvalue weighted by Gasteiger charge is -2.37. The summed E-state index contributed by atoms with van der Waals surface area (Å²) in [4.78, 5) is 23.6. The lowest BCUT2D eigenvalue weighted by Crippen LogP contribution is -2.54. The molecule has 0 unspecified atom stereocenters. The molecule has 2 heterocycles. The van der Waals surface area contributed by atoms with E-state index < -0.39 is 0 Å². The number of carbonyl (C=O) groups excluding carboxylic acids is 1. The molecule has 1 N–H and O–H groups in total. The van der Waals surface area contributed by atoms with E-state index in [1.807, 2.05) is 29.2 Å². The highest BCUT2D eigenvalue weighted by atomic mass is 16.2. The number of nitrogens with one attached hydrogen (secondary N) is 1. The van der Waals surface area contributed by atoms with Crippen LogP contribution in [0.1, 0.15) is 5.56 Å². The first kappa shape index (κ1) is 18.3. The van der Waals surface area contributed by atoms with Crippen molar-refractivity contribution >= 4 is 23.2 Å². The first-order chi connectivity index (χ1) is 13.8. The van der Waals surface area contributed by atoms with Crippen molar-refractivity contribution < 1.29 is 4.79 Å². The third-order valence-corrected chi connectivity index (χ3v) is 5.50. The first-order valence-corrected chi connectivity index (χ1v) is 9.90. The third kappa shape index (κ3) is 3.81. The van der Waals surface area contributed by atoms with Crippen molar-refractivity contribution in [3.8, 4) is 0 Å². The van der Waals surface area contributed by atoms with Crippen molar-refractivity contribution in [1.29, 1.82) is 0 Å². The molecule has 0 radical (unpaired) electrons. The number of nitrogens with zero attached hydrogens (tertiary/aromatic N) is 4. The van der Waals surface area contributed by atoms with Crippen LogP contribution in [0.15, 0.2) is 59.6 Å². The molecular formula is C22H27N5O. The number of hydrogen-bond acceptors (Lipinski definition) is 3. The maximum atomic E-state index is 12.7. The number of hydrogen-bond donors (Lipinski definition) is 1. The van der Waals surface area contributed by atoms with E-state index in [0.29, 0.717) is 0 Å². The number of amides is 1. The quantitative estimate of drug-likeness (QED) is 0.656. The average Bonchev–Trinajstić information content (AvgIpc) is 3.19. The number of aliphatic imine (C=N–C) groups is 1. The van der Waals surface area contributed by atoms with Gasteiger partial charge in [-0.1, -0.05) is 36.4 Å². The van der Waals surface area contributed by atoms with E-state index in [0.717, 1.165) is 50.8 Å². The number of anilines is 2. The zero-order chi connectivity index (χ0) is 19.3. The number of carbonyl (C=O) groups is 1. The number of fused-ring (bicyclic) bond motifs is 1. The van der Waals surface area contributed by atoms with Gasteiger partial charge < -0.3 is 20.0 Å². The Morgan fingerprint density at radius 1 is 0.964 bits per heavy atom. The highest BCUT2D eigenvalue weighted by molar-refractivity contribution is 5.98. The Labute approximate surface area is 166 Å². The van der Waals surface area contributed by atoms with Gasteiger partial charge >= 0.3 is 0 Å². The summed E-state index contributed by atoms with van der Waals surface area (Å²) < 4.78 is 0. The van der Waals surface area contributed by atoms with E-state index in [1.54, 1.807) is 7.05 Å². The monoisotopic (exact) mass is 377 g/mol. The second kappa shape index (κ2) is 8.33. The van der Waals surface area contributed by atoms with E-state index in [1.165, 1.54) is 11.3 Å². The minimum absolute atomic E-state index is 0.0917. The van der Waals surface area contributed by atoms with Crippen LogP contribution in [-0.2, 0) is 11.2 Å². The van der Waals surface area contributed by atoms with E-state index in [9.17, 15) is 4.79 Å². The number of piperazine rings is 1. The number of guanidine groups is 1. The number of rotatable bonds is 3. The number of para-hydroxylation sites is 2. The number of benzene rings is 2. The Kier molecular flexibility index (Phi) is 5.46. The molecule has 146 valence electrons. The van der Waals surface area contributed by atoms with Gasteiger partial charge in [-0.05, 0) is 30.2 Å². The minimum Gasteiger partial charge on any atom is -0.368 e. The van der Waals surface area contributed by atoms with Gasteiger partial charge in [-0.25, -0.2) is 0 Å². The largest absolute Gasteiger partial charge is 0.368 e. The second-order valence-electron chi connectivity index (χ2n) is 7.13. The Morgan fingerprint density at radius 3 is 2.43 bits per heavy atom. The van der Waals surface area contributed by atoms with Crippen molar-refractivity contribution in [3.05, 3.63) is 60.2 Å². The lowest BCUT2D eigenvalue weighted by atomic mass is 10.2. The molecule has 0 aromatic heterocycles. The van der Waals surface area contributed by atoms with Gasteiger partial charge in [0.05, 0.1) is 6.54 Å². The second-order valence-corrected chi connectivity index (χ2v) is 7.13. The van der Waals surface area contributed by atoms with E-state index in [-0.39, 0.29) is 12.5 Å². The molecule has 6 nitrogen and oxygen atoms in total. The van der Waals surface area contributed by atoms with Crippen LogP contribution in [0.5, 0.6) is 0 Å². The van der Waals surface area contributed by atoms with Crippen LogP contribution >= 0.6 is 0 Å². The molecular weight excluding hydrogens is 350 g/mol. The third-order valence-electron chi connectivity index (χ3n) is 5.50.